The summed E-state index contributed by atoms with van der Waals surface area (Å²) in [7, 11) is 0. The van der Waals surface area contributed by atoms with Crippen molar-refractivity contribution in [1.29, 1.82) is 0 Å². The van der Waals surface area contributed by atoms with Gasteiger partial charge in [-0.3, -0.25) is 14.4 Å². The van der Waals surface area contributed by atoms with Gasteiger partial charge >= 0.3 is 0 Å². The van der Waals surface area contributed by atoms with Gasteiger partial charge in [-0.25, -0.2) is 4.68 Å². The summed E-state index contributed by atoms with van der Waals surface area (Å²) < 4.78 is 1.09. The minimum absolute atomic E-state index is 0.181. The fraction of sp³-hybridized carbons (Fsp3) is 0.182. The van der Waals surface area contributed by atoms with Gasteiger partial charge in [0.2, 0.25) is 11.8 Å². The van der Waals surface area contributed by atoms with Crippen molar-refractivity contribution < 1.29 is 9.59 Å². The minimum atomic E-state index is -0.416. The number of halogens is 1. The Morgan fingerprint density at radius 1 is 1.03 bits per heavy atom. The SMILES string of the molecule is CC(=O)Nc1cc(-c2ccc(=O)n(CC(=O)Nc3c(C)cccc3Cl)n2)ccc1C. The first-order valence-electron chi connectivity index (χ1n) is 9.26. The first-order valence-corrected chi connectivity index (χ1v) is 9.64. The molecule has 30 heavy (non-hydrogen) atoms. The first-order chi connectivity index (χ1) is 14.2. The number of para-hydroxylation sites is 1. The van der Waals surface area contributed by atoms with Crippen LogP contribution in [0.15, 0.2) is 53.3 Å². The summed E-state index contributed by atoms with van der Waals surface area (Å²) in [6.07, 6.45) is 0. The Bertz CT molecular complexity index is 1170. The van der Waals surface area contributed by atoms with Crippen molar-refractivity contribution in [3.63, 3.8) is 0 Å². The van der Waals surface area contributed by atoms with E-state index >= 15 is 0 Å². The second-order valence-electron chi connectivity index (χ2n) is 6.91. The number of aromatic nitrogens is 2. The van der Waals surface area contributed by atoms with Gasteiger partial charge in [0.25, 0.3) is 5.56 Å². The molecular weight excluding hydrogens is 404 g/mol. The average Bonchev–Trinajstić information content (AvgIpc) is 2.68. The summed E-state index contributed by atoms with van der Waals surface area (Å²) in [5.74, 6) is -0.597. The van der Waals surface area contributed by atoms with Gasteiger partial charge in [0.15, 0.2) is 0 Å². The van der Waals surface area contributed by atoms with E-state index in [4.69, 9.17) is 11.6 Å². The summed E-state index contributed by atoms with van der Waals surface area (Å²) in [6.45, 7) is 4.88. The average molecular weight is 425 g/mol. The van der Waals surface area contributed by atoms with E-state index < -0.39 is 11.5 Å². The van der Waals surface area contributed by atoms with Crippen molar-refractivity contribution in [2.45, 2.75) is 27.3 Å². The molecule has 3 rings (SSSR count). The molecule has 2 N–H and O–H groups in total. The van der Waals surface area contributed by atoms with E-state index in [0.29, 0.717) is 27.7 Å². The summed E-state index contributed by atoms with van der Waals surface area (Å²) in [5.41, 5.74) is 3.69. The van der Waals surface area contributed by atoms with Gasteiger partial charge in [-0.2, -0.15) is 5.10 Å². The molecule has 3 aromatic rings. The van der Waals surface area contributed by atoms with Crippen molar-refractivity contribution in [2.75, 3.05) is 10.6 Å². The van der Waals surface area contributed by atoms with Crippen LogP contribution in [-0.2, 0) is 16.1 Å². The highest BCUT2D eigenvalue weighted by atomic mass is 35.5. The van der Waals surface area contributed by atoms with Crippen molar-refractivity contribution in [1.82, 2.24) is 9.78 Å². The predicted molar refractivity (Wildman–Crippen MR) is 118 cm³/mol. The predicted octanol–water partition coefficient (Wildman–Crippen LogP) is 3.78. The molecule has 0 fully saturated rings. The fourth-order valence-electron chi connectivity index (χ4n) is 2.93. The van der Waals surface area contributed by atoms with Crippen molar-refractivity contribution in [3.05, 3.63) is 75.0 Å². The molecule has 0 radical (unpaired) electrons. The number of nitrogens with one attached hydrogen (secondary N) is 2. The molecule has 0 bridgehead atoms. The van der Waals surface area contributed by atoms with Crippen molar-refractivity contribution in [3.8, 4) is 11.3 Å². The maximum Gasteiger partial charge on any atom is 0.267 e. The molecule has 0 saturated carbocycles. The molecule has 2 amide bonds. The summed E-state index contributed by atoms with van der Waals surface area (Å²) in [6, 6.07) is 13.7. The standard InChI is InChI=1S/C22H21ClN4O3/c1-13-7-8-16(11-19(13)24-15(3)28)18-9-10-21(30)27(26-18)12-20(29)25-22-14(2)5-4-6-17(22)23/h4-11H,12H2,1-3H3,(H,24,28)(H,25,29). The van der Waals surface area contributed by atoms with Crippen LogP contribution in [-0.4, -0.2) is 21.6 Å². The van der Waals surface area contributed by atoms with Gasteiger partial charge in [-0.05, 0) is 43.2 Å². The summed E-state index contributed by atoms with van der Waals surface area (Å²) in [4.78, 5) is 36.1. The maximum absolute atomic E-state index is 12.5. The highest BCUT2D eigenvalue weighted by molar-refractivity contribution is 6.33. The molecular formula is C22H21ClN4O3. The van der Waals surface area contributed by atoms with Gasteiger partial charge in [-0.15, -0.1) is 0 Å². The van der Waals surface area contributed by atoms with Crippen LogP contribution in [0.3, 0.4) is 0 Å². The highest BCUT2D eigenvalue weighted by Gasteiger charge is 2.12. The third kappa shape index (κ3) is 4.93. The summed E-state index contributed by atoms with van der Waals surface area (Å²) in [5, 5.41) is 10.2. The number of carbonyl (C=O) groups is 2. The van der Waals surface area contributed by atoms with E-state index in [9.17, 15) is 14.4 Å². The molecule has 1 heterocycles. The van der Waals surface area contributed by atoms with Crippen LogP contribution in [0.4, 0.5) is 11.4 Å². The Kier molecular flexibility index (Phi) is 6.32. The zero-order chi connectivity index (χ0) is 21.8. The van der Waals surface area contributed by atoms with Crippen LogP contribution >= 0.6 is 11.6 Å². The smallest absolute Gasteiger partial charge is 0.267 e. The molecule has 0 unspecified atom stereocenters. The lowest BCUT2D eigenvalue weighted by Crippen LogP contribution is -2.29. The zero-order valence-corrected chi connectivity index (χ0v) is 17.6. The van der Waals surface area contributed by atoms with E-state index in [1.165, 1.54) is 13.0 Å². The van der Waals surface area contributed by atoms with E-state index in [2.05, 4.69) is 15.7 Å². The number of rotatable bonds is 5. The molecule has 0 spiro atoms. The normalized spacial score (nSPS) is 10.5. The molecule has 0 aliphatic carbocycles. The number of hydrogen-bond acceptors (Lipinski definition) is 4. The first kappa shape index (κ1) is 21.3. The van der Waals surface area contributed by atoms with E-state index in [1.54, 1.807) is 24.3 Å². The van der Waals surface area contributed by atoms with Gasteiger partial charge in [0, 0.05) is 24.2 Å². The highest BCUT2D eigenvalue weighted by Crippen LogP contribution is 2.25. The monoisotopic (exact) mass is 424 g/mol. The number of benzene rings is 2. The van der Waals surface area contributed by atoms with Crippen LogP contribution in [0.2, 0.25) is 5.02 Å². The topological polar surface area (TPSA) is 93.1 Å². The Labute approximate surface area is 178 Å². The molecule has 2 aromatic carbocycles. The molecule has 154 valence electrons. The van der Waals surface area contributed by atoms with Crippen LogP contribution in [0.25, 0.3) is 11.3 Å². The van der Waals surface area contributed by atoms with Gasteiger partial charge < -0.3 is 10.6 Å². The number of amides is 2. The molecule has 1 aromatic heterocycles. The third-order valence-corrected chi connectivity index (χ3v) is 4.81. The molecule has 0 aliphatic heterocycles. The minimum Gasteiger partial charge on any atom is -0.326 e. The van der Waals surface area contributed by atoms with E-state index in [0.717, 1.165) is 15.8 Å². The maximum atomic E-state index is 12.5. The van der Waals surface area contributed by atoms with Crippen molar-refractivity contribution >= 4 is 34.8 Å². The fourth-order valence-corrected chi connectivity index (χ4v) is 3.20. The summed E-state index contributed by atoms with van der Waals surface area (Å²) >= 11 is 6.15. The lowest BCUT2D eigenvalue weighted by atomic mass is 10.1. The number of aryl methyl sites for hydroxylation is 2. The quantitative estimate of drug-likeness (QED) is 0.651. The lowest BCUT2D eigenvalue weighted by molar-refractivity contribution is -0.117. The van der Waals surface area contributed by atoms with E-state index in [1.807, 2.05) is 32.0 Å². The molecule has 0 saturated heterocycles. The Morgan fingerprint density at radius 3 is 2.50 bits per heavy atom. The molecule has 0 aliphatic rings. The van der Waals surface area contributed by atoms with Crippen LogP contribution in [0.5, 0.6) is 0 Å². The van der Waals surface area contributed by atoms with Crippen molar-refractivity contribution in [2.24, 2.45) is 0 Å². The number of hydrogen-bond donors (Lipinski definition) is 2. The van der Waals surface area contributed by atoms with Crippen LogP contribution in [0.1, 0.15) is 18.1 Å². The lowest BCUT2D eigenvalue weighted by Gasteiger charge is -2.12. The van der Waals surface area contributed by atoms with E-state index in [-0.39, 0.29) is 12.5 Å². The van der Waals surface area contributed by atoms with Crippen LogP contribution in [0, 0.1) is 13.8 Å². The molecule has 0 atom stereocenters. The third-order valence-electron chi connectivity index (χ3n) is 4.49. The largest absolute Gasteiger partial charge is 0.326 e. The molecule has 8 heteroatoms. The number of nitrogens with zero attached hydrogens (tertiary/aromatic N) is 2. The molecule has 7 nitrogen and oxygen atoms in total. The number of anilines is 2. The Hall–Kier alpha value is -3.45. The van der Waals surface area contributed by atoms with Gasteiger partial charge in [0.1, 0.15) is 6.54 Å². The second kappa shape index (κ2) is 8.92. The Morgan fingerprint density at radius 2 is 1.80 bits per heavy atom. The zero-order valence-electron chi connectivity index (χ0n) is 16.8. The van der Waals surface area contributed by atoms with Gasteiger partial charge in [0.05, 0.1) is 16.4 Å². The Balaban J connectivity index is 1.86. The number of carbonyl (C=O) groups excluding carboxylic acids is 2. The van der Waals surface area contributed by atoms with Gasteiger partial charge in [-0.1, -0.05) is 35.9 Å². The second-order valence-corrected chi connectivity index (χ2v) is 7.31. The van der Waals surface area contributed by atoms with Crippen LogP contribution < -0.4 is 16.2 Å².